The lowest BCUT2D eigenvalue weighted by molar-refractivity contribution is -0.275. The quantitative estimate of drug-likeness (QED) is 0.139. The predicted octanol–water partition coefficient (Wildman–Crippen LogP) is 8.86. The van der Waals surface area contributed by atoms with Crippen LogP contribution >= 0.6 is 23.5 Å². The lowest BCUT2D eigenvalue weighted by atomic mass is 9.85. The van der Waals surface area contributed by atoms with E-state index < -0.39 is 34.0 Å². The molecule has 3 aliphatic rings. The van der Waals surface area contributed by atoms with Gasteiger partial charge in [0.1, 0.15) is 23.0 Å². The minimum atomic E-state index is -4.90. The maximum absolute atomic E-state index is 14.5. The maximum atomic E-state index is 14.5. The van der Waals surface area contributed by atoms with E-state index in [1.807, 2.05) is 31.2 Å². The summed E-state index contributed by atoms with van der Waals surface area (Å²) >= 11 is 2.62. The van der Waals surface area contributed by atoms with Crippen LogP contribution in [-0.4, -0.2) is 60.1 Å². The number of thioether (sulfide) groups is 2. The van der Waals surface area contributed by atoms with E-state index in [-0.39, 0.29) is 36.4 Å². The van der Waals surface area contributed by atoms with Gasteiger partial charge in [-0.25, -0.2) is 0 Å². The molecule has 2 aliphatic heterocycles. The minimum absolute atomic E-state index is 0.0303. The number of benzene rings is 4. The van der Waals surface area contributed by atoms with E-state index in [0.29, 0.717) is 33.8 Å². The highest BCUT2D eigenvalue weighted by Gasteiger charge is 2.70. The second-order valence-corrected chi connectivity index (χ2v) is 15.9. The average molecular weight is 819 g/mol. The average Bonchev–Trinajstić information content (AvgIpc) is 3.84. The number of nitrogens with zero attached hydrogens (tertiary/aromatic N) is 2. The first-order chi connectivity index (χ1) is 26.6. The molecule has 4 aromatic carbocycles. The summed E-state index contributed by atoms with van der Waals surface area (Å²) in [4.78, 5) is 29.4. The summed E-state index contributed by atoms with van der Waals surface area (Å²) < 4.78 is 98.7. The number of methoxy groups -OCH3 is 2. The van der Waals surface area contributed by atoms with Crippen LogP contribution in [0.3, 0.4) is 0 Å². The molecule has 0 aromatic heterocycles. The zero-order chi connectivity index (χ0) is 40.0. The van der Waals surface area contributed by atoms with E-state index in [1.165, 1.54) is 86.3 Å². The second-order valence-electron chi connectivity index (χ2n) is 13.6. The standard InChI is InChI=1S/C40H36F6N2O6S2/c1-24-7-16-33(51-2)31(17-24)37(47(35(49)22-55-37)20-25-8-12-29(13-9-25)53-39(41,42)43)38(32-18-27-5-4-6-28(27)19-34(32)52-3)48(36(50)23-56-38)21-26-10-14-30(15-11-26)54-40(44,45)46/h7-19H,4-6,20-23H2,1-3H3. The SMILES string of the molecule is COc1ccc(C)cc1C1(C2(c3cc4c(cc3OC)CCC4)SCC(=O)N2Cc2ccc(OC(F)(F)F)cc2)SCC(=O)N1Cc1ccc(OC(F)(F)F)cc1. The molecule has 8 nitrogen and oxygen atoms in total. The third-order valence-electron chi connectivity index (χ3n) is 10.1. The number of halogens is 6. The molecule has 2 amide bonds. The minimum Gasteiger partial charge on any atom is -0.496 e. The molecule has 2 fully saturated rings. The molecule has 4 aromatic rings. The number of carbonyl (C=O) groups is 2. The van der Waals surface area contributed by atoms with Crippen LogP contribution in [0.15, 0.2) is 78.9 Å². The van der Waals surface area contributed by atoms with E-state index in [1.54, 1.807) is 15.9 Å². The zero-order valence-corrected chi connectivity index (χ0v) is 32.0. The first-order valence-electron chi connectivity index (χ1n) is 17.5. The summed E-state index contributed by atoms with van der Waals surface area (Å²) in [7, 11) is 3.04. The maximum Gasteiger partial charge on any atom is 0.573 e. The van der Waals surface area contributed by atoms with Crippen molar-refractivity contribution in [1.82, 2.24) is 9.80 Å². The number of alkyl halides is 6. The van der Waals surface area contributed by atoms with Crippen LogP contribution in [0.4, 0.5) is 26.3 Å². The molecule has 0 radical (unpaired) electrons. The van der Waals surface area contributed by atoms with Crippen molar-refractivity contribution in [1.29, 1.82) is 0 Å². The molecule has 0 N–H and O–H groups in total. The van der Waals surface area contributed by atoms with E-state index in [0.717, 1.165) is 36.0 Å². The molecule has 1 aliphatic carbocycles. The summed E-state index contributed by atoms with van der Waals surface area (Å²) in [6.45, 7) is 1.72. The van der Waals surface area contributed by atoms with Gasteiger partial charge in [-0.1, -0.05) is 35.9 Å². The molecular weight excluding hydrogens is 783 g/mol. The van der Waals surface area contributed by atoms with Crippen LogP contribution in [0.1, 0.15) is 45.4 Å². The van der Waals surface area contributed by atoms with Gasteiger partial charge >= 0.3 is 12.7 Å². The number of rotatable bonds is 11. The zero-order valence-electron chi connectivity index (χ0n) is 30.4. The van der Waals surface area contributed by atoms with Crippen LogP contribution in [0.5, 0.6) is 23.0 Å². The molecule has 2 atom stereocenters. The monoisotopic (exact) mass is 818 g/mol. The van der Waals surface area contributed by atoms with Crippen molar-refractivity contribution in [3.8, 4) is 23.0 Å². The van der Waals surface area contributed by atoms with Gasteiger partial charge < -0.3 is 28.7 Å². The summed E-state index contributed by atoms with van der Waals surface area (Å²) in [6.07, 6.45) is -7.30. The predicted molar refractivity (Wildman–Crippen MR) is 198 cm³/mol. The Balaban J connectivity index is 1.48. The number of aryl methyl sites for hydroxylation is 3. The fraction of sp³-hybridized carbons (Fsp3) is 0.350. The van der Waals surface area contributed by atoms with Gasteiger partial charge in [0.05, 0.1) is 25.7 Å². The van der Waals surface area contributed by atoms with Crippen LogP contribution < -0.4 is 18.9 Å². The molecule has 56 heavy (non-hydrogen) atoms. The van der Waals surface area contributed by atoms with Crippen LogP contribution in [0, 0.1) is 6.92 Å². The Labute approximate surface area is 327 Å². The fourth-order valence-electron chi connectivity index (χ4n) is 7.85. The molecule has 2 unspecified atom stereocenters. The van der Waals surface area contributed by atoms with Crippen LogP contribution in [-0.2, 0) is 45.3 Å². The normalized spacial score (nSPS) is 21.1. The van der Waals surface area contributed by atoms with Gasteiger partial charge in [0.25, 0.3) is 0 Å². The molecule has 7 rings (SSSR count). The Morgan fingerprint density at radius 3 is 1.52 bits per heavy atom. The number of carbonyl (C=O) groups excluding carboxylic acids is 2. The first kappa shape index (κ1) is 39.5. The van der Waals surface area contributed by atoms with Crippen LogP contribution in [0.25, 0.3) is 0 Å². The van der Waals surface area contributed by atoms with E-state index in [9.17, 15) is 35.9 Å². The summed E-state index contributed by atoms with van der Waals surface area (Å²) in [5.41, 5.74) is 5.13. The Bertz CT molecular complexity index is 2130. The number of hydrogen-bond acceptors (Lipinski definition) is 8. The number of ether oxygens (including phenoxy) is 4. The second kappa shape index (κ2) is 15.0. The van der Waals surface area contributed by atoms with Gasteiger partial charge in [0, 0.05) is 24.2 Å². The largest absolute Gasteiger partial charge is 0.573 e. The molecule has 0 bridgehead atoms. The van der Waals surface area contributed by atoms with Crippen molar-refractivity contribution in [3.05, 3.63) is 118 Å². The Morgan fingerprint density at radius 1 is 0.625 bits per heavy atom. The lowest BCUT2D eigenvalue weighted by Crippen LogP contribution is -2.61. The third kappa shape index (κ3) is 7.33. The Morgan fingerprint density at radius 2 is 1.07 bits per heavy atom. The summed E-state index contributed by atoms with van der Waals surface area (Å²) in [6, 6.07) is 20.1. The number of fused-ring (bicyclic) bond motifs is 1. The fourth-order valence-corrected chi connectivity index (χ4v) is 11.3. The highest BCUT2D eigenvalue weighted by molar-refractivity contribution is 8.05. The van der Waals surface area contributed by atoms with Gasteiger partial charge in [0.15, 0.2) is 9.74 Å². The number of hydrogen-bond donors (Lipinski definition) is 0. The van der Waals surface area contributed by atoms with Crippen molar-refractivity contribution in [3.63, 3.8) is 0 Å². The highest BCUT2D eigenvalue weighted by atomic mass is 32.2. The van der Waals surface area contributed by atoms with Gasteiger partial charge in [-0.2, -0.15) is 0 Å². The molecule has 296 valence electrons. The van der Waals surface area contributed by atoms with Gasteiger partial charge in [-0.3, -0.25) is 9.59 Å². The molecule has 16 heteroatoms. The van der Waals surface area contributed by atoms with Crippen molar-refractivity contribution in [2.75, 3.05) is 25.7 Å². The third-order valence-corrected chi connectivity index (χ3v) is 13.3. The smallest absolute Gasteiger partial charge is 0.496 e. The van der Waals surface area contributed by atoms with Gasteiger partial charge in [-0.15, -0.1) is 49.9 Å². The summed E-state index contributed by atoms with van der Waals surface area (Å²) in [5.74, 6) is -0.619. The highest BCUT2D eigenvalue weighted by Crippen LogP contribution is 2.68. The van der Waals surface area contributed by atoms with Gasteiger partial charge in [0.2, 0.25) is 11.8 Å². The van der Waals surface area contributed by atoms with Crippen molar-refractivity contribution >= 4 is 35.3 Å². The molecule has 0 saturated carbocycles. The summed E-state index contributed by atoms with van der Waals surface area (Å²) in [5, 5.41) is 0. The Kier molecular flexibility index (Phi) is 10.6. The van der Waals surface area contributed by atoms with Crippen LogP contribution in [0.2, 0.25) is 0 Å². The number of amides is 2. The van der Waals surface area contributed by atoms with Crippen molar-refractivity contribution < 1.29 is 54.9 Å². The lowest BCUT2D eigenvalue weighted by Gasteiger charge is -2.54. The molecular formula is C40H36F6N2O6S2. The van der Waals surface area contributed by atoms with Gasteiger partial charge in [-0.05, 0) is 97.0 Å². The van der Waals surface area contributed by atoms with E-state index in [4.69, 9.17) is 9.47 Å². The van der Waals surface area contributed by atoms with Crippen molar-refractivity contribution in [2.24, 2.45) is 0 Å². The van der Waals surface area contributed by atoms with Crippen molar-refractivity contribution in [2.45, 2.75) is 61.7 Å². The van der Waals surface area contributed by atoms with E-state index >= 15 is 0 Å². The topological polar surface area (TPSA) is 77.5 Å². The molecule has 0 spiro atoms. The molecule has 2 heterocycles. The Hall–Kier alpha value is -4.70. The first-order valence-corrected chi connectivity index (χ1v) is 19.5. The van der Waals surface area contributed by atoms with E-state index in [2.05, 4.69) is 9.47 Å². The molecule has 2 saturated heterocycles.